The van der Waals surface area contributed by atoms with Crippen LogP contribution in [-0.4, -0.2) is 59.9 Å². The van der Waals surface area contributed by atoms with Gasteiger partial charge in [-0.2, -0.15) is 0 Å². The van der Waals surface area contributed by atoms with E-state index in [4.69, 9.17) is 5.11 Å². The number of thiophene rings is 1. The van der Waals surface area contributed by atoms with Crippen molar-refractivity contribution < 1.29 is 29.1 Å². The molecule has 1 saturated heterocycles. The minimum atomic E-state index is -1.34. The van der Waals surface area contributed by atoms with Crippen molar-refractivity contribution in [2.24, 2.45) is 11.8 Å². The molecule has 0 spiro atoms. The van der Waals surface area contributed by atoms with Crippen molar-refractivity contribution in [3.8, 4) is 0 Å². The van der Waals surface area contributed by atoms with Crippen LogP contribution in [0.4, 0.5) is 4.79 Å². The average molecular weight is 453 g/mol. The van der Waals surface area contributed by atoms with Crippen LogP contribution in [0, 0.1) is 11.8 Å². The smallest absolute Gasteiger partial charge is 0.405 e. The zero-order chi connectivity index (χ0) is 23.0. The first kappa shape index (κ1) is 24.3. The van der Waals surface area contributed by atoms with E-state index in [1.165, 1.54) is 11.3 Å². The van der Waals surface area contributed by atoms with Gasteiger partial charge in [0.15, 0.2) is 0 Å². The van der Waals surface area contributed by atoms with Crippen LogP contribution in [0.5, 0.6) is 0 Å². The first-order valence-electron chi connectivity index (χ1n) is 10.1. The molecular formula is C20H28N4O6S. The molecule has 1 aliphatic rings. The maximum absolute atomic E-state index is 12.9. The third-order valence-corrected chi connectivity index (χ3v) is 5.94. The van der Waals surface area contributed by atoms with Crippen LogP contribution in [0.2, 0.25) is 0 Å². The molecule has 31 heavy (non-hydrogen) atoms. The first-order valence-corrected chi connectivity index (χ1v) is 10.9. The summed E-state index contributed by atoms with van der Waals surface area (Å²) in [6.07, 6.45) is 0.185. The van der Waals surface area contributed by atoms with Crippen molar-refractivity contribution >= 4 is 41.4 Å². The molecule has 0 saturated carbocycles. The number of carbonyl (C=O) groups is 5. The summed E-state index contributed by atoms with van der Waals surface area (Å²) in [5.74, 6) is -2.05. The average Bonchev–Trinajstić information content (AvgIpc) is 3.36. The standard InChI is InChI=1S/C20H28N4O6S/c1-11(2)16(24-20(29)30)19(28)23-15(9-14-4-3-7-31-14)18(27)22-13(10-25)8-12-5-6-21-17(12)26/h3-4,7,10-13,15-16,24H,5-6,8-9H2,1-2H3,(H,21,26)(H,22,27)(H,23,28)(H,29,30). The second-order valence-corrected chi connectivity index (χ2v) is 8.81. The fourth-order valence-electron chi connectivity index (χ4n) is 3.38. The summed E-state index contributed by atoms with van der Waals surface area (Å²) in [7, 11) is 0. The maximum atomic E-state index is 12.9. The quantitative estimate of drug-likeness (QED) is 0.304. The van der Waals surface area contributed by atoms with Crippen LogP contribution >= 0.6 is 11.3 Å². The van der Waals surface area contributed by atoms with E-state index >= 15 is 0 Å². The normalized spacial score (nSPS) is 18.5. The molecule has 170 valence electrons. The molecule has 4 unspecified atom stereocenters. The van der Waals surface area contributed by atoms with E-state index in [0.29, 0.717) is 19.3 Å². The van der Waals surface area contributed by atoms with Gasteiger partial charge in [-0.3, -0.25) is 14.4 Å². The summed E-state index contributed by atoms with van der Waals surface area (Å²) in [6, 6.07) is 0.698. The van der Waals surface area contributed by atoms with Gasteiger partial charge in [0, 0.05) is 23.8 Å². The van der Waals surface area contributed by atoms with Crippen LogP contribution in [-0.2, 0) is 25.6 Å². The zero-order valence-corrected chi connectivity index (χ0v) is 18.2. The first-order chi connectivity index (χ1) is 14.7. The molecule has 11 heteroatoms. The van der Waals surface area contributed by atoms with E-state index in [9.17, 15) is 24.0 Å². The fourth-order valence-corrected chi connectivity index (χ4v) is 4.13. The summed E-state index contributed by atoms with van der Waals surface area (Å²) >= 11 is 1.41. The summed E-state index contributed by atoms with van der Waals surface area (Å²) in [5.41, 5.74) is 0. The Balaban J connectivity index is 2.10. The highest BCUT2D eigenvalue weighted by Crippen LogP contribution is 2.16. The molecule has 0 aliphatic carbocycles. The Labute approximate surface area is 184 Å². The van der Waals surface area contributed by atoms with Crippen molar-refractivity contribution in [1.82, 2.24) is 21.3 Å². The molecule has 5 N–H and O–H groups in total. The lowest BCUT2D eigenvalue weighted by Gasteiger charge is -2.25. The number of amides is 4. The highest BCUT2D eigenvalue weighted by Gasteiger charge is 2.32. The van der Waals surface area contributed by atoms with Crippen LogP contribution in [0.15, 0.2) is 17.5 Å². The summed E-state index contributed by atoms with van der Waals surface area (Å²) < 4.78 is 0. The highest BCUT2D eigenvalue weighted by molar-refractivity contribution is 7.09. The van der Waals surface area contributed by atoms with Gasteiger partial charge in [-0.25, -0.2) is 4.79 Å². The minimum Gasteiger partial charge on any atom is -0.465 e. The summed E-state index contributed by atoms with van der Waals surface area (Å²) in [6.45, 7) is 3.90. The number of hydrogen-bond acceptors (Lipinski definition) is 6. The molecule has 1 aliphatic heterocycles. The molecule has 1 aromatic heterocycles. The topological polar surface area (TPSA) is 154 Å². The Morgan fingerprint density at radius 1 is 1.26 bits per heavy atom. The molecule has 10 nitrogen and oxygen atoms in total. The lowest BCUT2D eigenvalue weighted by atomic mass is 9.98. The SMILES string of the molecule is CC(C)C(NC(=O)O)C(=O)NC(Cc1cccs1)C(=O)NC(C=O)CC1CCNC1=O. The van der Waals surface area contributed by atoms with Crippen LogP contribution in [0.25, 0.3) is 0 Å². The zero-order valence-electron chi connectivity index (χ0n) is 17.4. The lowest BCUT2D eigenvalue weighted by Crippen LogP contribution is -2.57. The van der Waals surface area contributed by atoms with Crippen LogP contribution < -0.4 is 21.3 Å². The molecule has 1 aromatic rings. The van der Waals surface area contributed by atoms with Gasteiger partial charge < -0.3 is 31.2 Å². The van der Waals surface area contributed by atoms with E-state index < -0.39 is 36.0 Å². The molecule has 0 aromatic carbocycles. The van der Waals surface area contributed by atoms with Gasteiger partial charge >= 0.3 is 6.09 Å². The Bertz CT molecular complexity index is 798. The maximum Gasteiger partial charge on any atom is 0.405 e. The van der Waals surface area contributed by atoms with Crippen molar-refractivity contribution in [1.29, 1.82) is 0 Å². The molecule has 0 bridgehead atoms. The summed E-state index contributed by atoms with van der Waals surface area (Å²) in [4.78, 5) is 60.8. The van der Waals surface area contributed by atoms with E-state index in [2.05, 4.69) is 21.3 Å². The van der Waals surface area contributed by atoms with Crippen LogP contribution in [0.3, 0.4) is 0 Å². The minimum absolute atomic E-state index is 0.149. The van der Waals surface area contributed by atoms with Gasteiger partial charge in [-0.15, -0.1) is 11.3 Å². The Morgan fingerprint density at radius 3 is 2.52 bits per heavy atom. The Hall–Kier alpha value is -2.95. The van der Waals surface area contributed by atoms with Crippen molar-refractivity contribution in [3.05, 3.63) is 22.4 Å². The third kappa shape index (κ3) is 7.35. The van der Waals surface area contributed by atoms with Gasteiger partial charge in [0.05, 0.1) is 6.04 Å². The Kier molecular flexibility index (Phi) is 8.98. The molecule has 2 rings (SSSR count). The third-order valence-electron chi connectivity index (χ3n) is 5.04. The van der Waals surface area contributed by atoms with Gasteiger partial charge in [0.25, 0.3) is 0 Å². The molecule has 4 amide bonds. The molecule has 0 radical (unpaired) electrons. The molecule has 4 atom stereocenters. The number of aldehydes is 1. The van der Waals surface area contributed by atoms with Crippen LogP contribution in [0.1, 0.15) is 31.6 Å². The van der Waals surface area contributed by atoms with E-state index in [1.54, 1.807) is 13.8 Å². The van der Waals surface area contributed by atoms with Crippen molar-refractivity contribution in [3.63, 3.8) is 0 Å². The number of rotatable bonds is 11. The molecular weight excluding hydrogens is 424 g/mol. The second kappa shape index (κ2) is 11.4. The molecule has 2 heterocycles. The fraction of sp³-hybridized carbons (Fsp3) is 0.550. The number of carbonyl (C=O) groups excluding carboxylic acids is 4. The van der Waals surface area contributed by atoms with Gasteiger partial charge in [0.1, 0.15) is 18.4 Å². The van der Waals surface area contributed by atoms with E-state index in [0.717, 1.165) is 4.88 Å². The highest BCUT2D eigenvalue weighted by atomic mass is 32.1. The van der Waals surface area contributed by atoms with E-state index in [-0.39, 0.29) is 30.6 Å². The molecule has 1 fully saturated rings. The lowest BCUT2D eigenvalue weighted by molar-refractivity contribution is -0.131. The largest absolute Gasteiger partial charge is 0.465 e. The number of nitrogens with one attached hydrogen (secondary N) is 4. The van der Waals surface area contributed by atoms with E-state index in [1.807, 2.05) is 17.5 Å². The second-order valence-electron chi connectivity index (χ2n) is 7.78. The van der Waals surface area contributed by atoms with Gasteiger partial charge in [0.2, 0.25) is 17.7 Å². The number of hydrogen-bond donors (Lipinski definition) is 5. The predicted molar refractivity (Wildman–Crippen MR) is 113 cm³/mol. The number of carboxylic acid groups (broad SMARTS) is 1. The Morgan fingerprint density at radius 2 is 2.00 bits per heavy atom. The van der Waals surface area contributed by atoms with Gasteiger partial charge in [-0.1, -0.05) is 19.9 Å². The van der Waals surface area contributed by atoms with Gasteiger partial charge in [-0.05, 0) is 30.2 Å². The monoisotopic (exact) mass is 452 g/mol. The summed E-state index contributed by atoms with van der Waals surface area (Å²) in [5, 5.41) is 20.9. The van der Waals surface area contributed by atoms with Crippen molar-refractivity contribution in [2.75, 3.05) is 6.54 Å². The predicted octanol–water partition coefficient (Wildman–Crippen LogP) is 0.278. The van der Waals surface area contributed by atoms with Crippen molar-refractivity contribution in [2.45, 2.75) is 51.2 Å².